The minimum Gasteiger partial charge on any atom is -0.486 e. The van der Waals surface area contributed by atoms with E-state index in [-0.39, 0.29) is 5.91 Å². The number of carboxylic acids is 1. The summed E-state index contributed by atoms with van der Waals surface area (Å²) in [6.07, 6.45) is -3.28. The van der Waals surface area contributed by atoms with Gasteiger partial charge in [-0.15, -0.1) is 0 Å². The molecule has 2 N–H and O–H groups in total. The van der Waals surface area contributed by atoms with Gasteiger partial charge in [-0.3, -0.25) is 4.79 Å². The maximum absolute atomic E-state index is 12.5. The van der Waals surface area contributed by atoms with Crippen LogP contribution in [-0.2, 0) is 4.79 Å². The predicted molar refractivity (Wildman–Crippen MR) is 112 cm³/mol. The van der Waals surface area contributed by atoms with Crippen molar-refractivity contribution in [3.05, 3.63) is 65.7 Å². The molecular weight excluding hydrogens is 443 g/mol. The number of carbonyl (C=O) groups excluding carboxylic acids is 1. The van der Waals surface area contributed by atoms with Gasteiger partial charge in [0.25, 0.3) is 5.91 Å². The van der Waals surface area contributed by atoms with Gasteiger partial charge >= 0.3 is 12.1 Å². The van der Waals surface area contributed by atoms with Crippen molar-refractivity contribution in [2.45, 2.75) is 20.0 Å². The molecule has 3 aromatic rings. The molecule has 0 radical (unpaired) electrons. The molecule has 1 amide bonds. The van der Waals surface area contributed by atoms with Gasteiger partial charge in [0.15, 0.2) is 11.5 Å². The second kappa shape index (κ2) is 9.63. The van der Waals surface area contributed by atoms with Gasteiger partial charge in [-0.05, 0) is 56.3 Å². The van der Waals surface area contributed by atoms with Crippen molar-refractivity contribution >= 4 is 17.6 Å². The number of carbonyl (C=O) groups is 2. The molecule has 174 valence electrons. The van der Waals surface area contributed by atoms with Gasteiger partial charge in [0.05, 0.1) is 12.0 Å². The van der Waals surface area contributed by atoms with Gasteiger partial charge in [0.2, 0.25) is 0 Å². The molecule has 0 bridgehead atoms. The van der Waals surface area contributed by atoms with Crippen LogP contribution in [0.15, 0.2) is 48.8 Å². The van der Waals surface area contributed by atoms with Crippen LogP contribution in [0.5, 0.6) is 11.5 Å². The van der Waals surface area contributed by atoms with Crippen LogP contribution >= 0.6 is 0 Å². The summed E-state index contributed by atoms with van der Waals surface area (Å²) in [5.74, 6) is -1.68. The Bertz CT molecular complexity index is 1160. The van der Waals surface area contributed by atoms with Crippen LogP contribution in [0.25, 0.3) is 5.69 Å². The normalized spacial score (nSPS) is 12.4. The van der Waals surface area contributed by atoms with E-state index in [9.17, 15) is 18.0 Å². The highest BCUT2D eigenvalue weighted by molar-refractivity contribution is 6.04. The van der Waals surface area contributed by atoms with Gasteiger partial charge in [0.1, 0.15) is 13.2 Å². The van der Waals surface area contributed by atoms with Crippen molar-refractivity contribution in [1.82, 2.24) is 9.55 Å². The quantitative estimate of drug-likeness (QED) is 0.605. The largest absolute Gasteiger partial charge is 0.490 e. The molecule has 0 spiro atoms. The van der Waals surface area contributed by atoms with E-state index in [1.807, 2.05) is 42.7 Å². The topological polar surface area (TPSA) is 103 Å². The van der Waals surface area contributed by atoms with E-state index in [2.05, 4.69) is 10.3 Å². The SMILES string of the molecule is Cc1ncn(-c2ccc(NC(=O)c3ccc4c(c3)OCCO4)cc2)c1C.O=C(O)C(F)(F)F. The number of rotatable bonds is 3. The molecule has 1 aromatic heterocycles. The van der Waals surface area contributed by atoms with Gasteiger partial charge in [-0.25, -0.2) is 9.78 Å². The van der Waals surface area contributed by atoms with E-state index in [0.717, 1.165) is 22.8 Å². The summed E-state index contributed by atoms with van der Waals surface area (Å²) >= 11 is 0. The number of benzene rings is 2. The fourth-order valence-electron chi connectivity index (χ4n) is 2.85. The Morgan fingerprint density at radius 3 is 2.18 bits per heavy atom. The highest BCUT2D eigenvalue weighted by atomic mass is 19.4. The number of halogens is 3. The monoisotopic (exact) mass is 463 g/mol. The molecule has 0 saturated carbocycles. The van der Waals surface area contributed by atoms with E-state index >= 15 is 0 Å². The number of anilines is 1. The summed E-state index contributed by atoms with van der Waals surface area (Å²) in [5.41, 5.74) is 4.35. The highest BCUT2D eigenvalue weighted by Gasteiger charge is 2.38. The predicted octanol–water partition coefficient (Wildman–Crippen LogP) is 4.15. The van der Waals surface area contributed by atoms with Crippen molar-refractivity contribution in [3.63, 3.8) is 0 Å². The molecule has 0 atom stereocenters. The number of aryl methyl sites for hydroxylation is 1. The molecule has 1 aliphatic heterocycles. The lowest BCUT2D eigenvalue weighted by Crippen LogP contribution is -2.21. The Balaban J connectivity index is 0.000000383. The number of ether oxygens (including phenoxy) is 2. The number of aromatic nitrogens is 2. The number of imidazole rings is 1. The van der Waals surface area contributed by atoms with Crippen molar-refractivity contribution in [3.8, 4) is 17.2 Å². The van der Waals surface area contributed by atoms with Gasteiger partial charge < -0.3 is 24.5 Å². The van der Waals surface area contributed by atoms with Crippen molar-refractivity contribution < 1.29 is 37.3 Å². The van der Waals surface area contributed by atoms with Crippen LogP contribution in [0.2, 0.25) is 0 Å². The molecule has 33 heavy (non-hydrogen) atoms. The van der Waals surface area contributed by atoms with Gasteiger partial charge in [-0.2, -0.15) is 13.2 Å². The number of nitrogens with zero attached hydrogens (tertiary/aromatic N) is 2. The third-order valence-corrected chi connectivity index (χ3v) is 4.70. The second-order valence-corrected chi connectivity index (χ2v) is 6.95. The van der Waals surface area contributed by atoms with E-state index in [4.69, 9.17) is 19.4 Å². The van der Waals surface area contributed by atoms with Crippen LogP contribution in [0.1, 0.15) is 21.7 Å². The second-order valence-electron chi connectivity index (χ2n) is 6.95. The lowest BCUT2D eigenvalue weighted by atomic mass is 10.1. The van der Waals surface area contributed by atoms with E-state index in [0.29, 0.717) is 30.3 Å². The number of hydrogen-bond donors (Lipinski definition) is 2. The summed E-state index contributed by atoms with van der Waals surface area (Å²) in [4.78, 5) is 25.7. The molecule has 0 aliphatic carbocycles. The van der Waals surface area contributed by atoms with E-state index in [1.54, 1.807) is 24.5 Å². The smallest absolute Gasteiger partial charge is 0.486 e. The van der Waals surface area contributed by atoms with Crippen LogP contribution in [0.4, 0.5) is 18.9 Å². The Hall–Kier alpha value is -4.02. The maximum atomic E-state index is 12.5. The number of nitrogens with one attached hydrogen (secondary N) is 1. The number of amides is 1. The third-order valence-electron chi connectivity index (χ3n) is 4.70. The molecule has 1 aliphatic rings. The summed E-state index contributed by atoms with van der Waals surface area (Å²) in [5, 5.41) is 10.0. The van der Waals surface area contributed by atoms with Crippen LogP contribution in [0.3, 0.4) is 0 Å². The zero-order valence-corrected chi connectivity index (χ0v) is 17.6. The first-order valence-electron chi connectivity index (χ1n) is 9.68. The molecule has 4 rings (SSSR count). The van der Waals surface area contributed by atoms with Crippen LogP contribution in [-0.4, -0.2) is 45.9 Å². The Morgan fingerprint density at radius 2 is 1.64 bits per heavy atom. The summed E-state index contributed by atoms with van der Waals surface area (Å²) < 4.78 is 44.8. The van der Waals surface area contributed by atoms with E-state index in [1.165, 1.54) is 0 Å². The fourth-order valence-corrected chi connectivity index (χ4v) is 2.85. The third kappa shape index (κ3) is 5.82. The molecule has 2 heterocycles. The average Bonchev–Trinajstić information content (AvgIpc) is 3.12. The first-order chi connectivity index (χ1) is 15.6. The first-order valence-corrected chi connectivity index (χ1v) is 9.68. The van der Waals surface area contributed by atoms with Gasteiger partial charge in [-0.1, -0.05) is 0 Å². The number of fused-ring (bicyclic) bond motifs is 1. The lowest BCUT2D eigenvalue weighted by Gasteiger charge is -2.18. The number of aliphatic carboxylic acids is 1. The fraction of sp³-hybridized carbons (Fsp3) is 0.227. The van der Waals surface area contributed by atoms with Crippen molar-refractivity contribution in [1.29, 1.82) is 0 Å². The molecule has 0 saturated heterocycles. The number of hydrogen-bond acceptors (Lipinski definition) is 5. The van der Waals surface area contributed by atoms with Crippen LogP contribution in [0, 0.1) is 13.8 Å². The molecule has 11 heteroatoms. The average molecular weight is 463 g/mol. The minimum atomic E-state index is -5.08. The molecule has 0 fully saturated rings. The van der Waals surface area contributed by atoms with Crippen molar-refractivity contribution in [2.75, 3.05) is 18.5 Å². The zero-order chi connectivity index (χ0) is 24.2. The zero-order valence-electron chi connectivity index (χ0n) is 17.6. The minimum absolute atomic E-state index is 0.190. The number of carboxylic acid groups (broad SMARTS) is 1. The summed E-state index contributed by atoms with van der Waals surface area (Å²) in [6.45, 7) is 5.03. The highest BCUT2D eigenvalue weighted by Crippen LogP contribution is 2.31. The Labute approximate surface area is 186 Å². The van der Waals surface area contributed by atoms with E-state index < -0.39 is 12.1 Å². The first kappa shape index (κ1) is 23.6. The number of alkyl halides is 3. The van der Waals surface area contributed by atoms with Crippen LogP contribution < -0.4 is 14.8 Å². The standard InChI is InChI=1S/C20H19N3O3.C2HF3O2/c1-13-14(2)23(12-21-13)17-6-4-16(5-7-17)22-20(24)15-3-8-18-19(11-15)26-10-9-25-18;3-2(4,5)1(6)7/h3-8,11-12H,9-10H2,1-2H3,(H,22,24);(H,6,7). The van der Waals surface area contributed by atoms with Gasteiger partial charge in [0, 0.05) is 22.6 Å². The molecule has 2 aromatic carbocycles. The molecule has 0 unspecified atom stereocenters. The summed E-state index contributed by atoms with van der Waals surface area (Å²) in [7, 11) is 0. The Kier molecular flexibility index (Phi) is 6.90. The summed E-state index contributed by atoms with van der Waals surface area (Å²) in [6, 6.07) is 12.8. The Morgan fingerprint density at radius 1 is 1.03 bits per heavy atom. The molecular formula is C22H20F3N3O5. The van der Waals surface area contributed by atoms with Crippen molar-refractivity contribution in [2.24, 2.45) is 0 Å². The molecule has 8 nitrogen and oxygen atoms in total. The maximum Gasteiger partial charge on any atom is 0.490 e. The lowest BCUT2D eigenvalue weighted by molar-refractivity contribution is -0.192.